The molecule has 204 valence electrons. The zero-order valence-corrected chi connectivity index (χ0v) is 21.1. The summed E-state index contributed by atoms with van der Waals surface area (Å²) in [6.45, 7) is 1.78. The molecule has 0 spiro atoms. The van der Waals surface area contributed by atoms with Gasteiger partial charge in [-0.25, -0.2) is 13.6 Å². The third-order valence-corrected chi connectivity index (χ3v) is 5.38. The van der Waals surface area contributed by atoms with Gasteiger partial charge in [0, 0.05) is 12.6 Å². The number of hydrogen-bond acceptors (Lipinski definition) is 8. The van der Waals surface area contributed by atoms with Gasteiger partial charge in [-0.15, -0.1) is 10.2 Å². The van der Waals surface area contributed by atoms with Crippen molar-refractivity contribution in [1.82, 2.24) is 24.8 Å². The Labute approximate surface area is 216 Å². The van der Waals surface area contributed by atoms with Crippen LogP contribution in [0.4, 0.5) is 13.6 Å². The van der Waals surface area contributed by atoms with E-state index in [4.69, 9.17) is 20.9 Å². The van der Waals surface area contributed by atoms with E-state index in [-0.39, 0.29) is 31.1 Å². The minimum atomic E-state index is -1.26. The molecule has 0 unspecified atom stereocenters. The number of hydrogen-bond donors (Lipinski definition) is 3. The lowest BCUT2D eigenvalue weighted by Crippen LogP contribution is -2.51. The number of benzene rings is 1. The quantitative estimate of drug-likeness (QED) is 0.330. The standard InChI is InChI=1S/C24H29F2N7O5/c1-24(2,28)22(35)29-18(13-37-12-15-16(25)7-5-8-17(15)26)21-31-30-20-9-4-6-14(33(20)21)11-38-23(36)32(3)10-19(27)34/h4-9,18H,10-13,28H2,1-3H3,(H2,27,34)(H,29,35)/t18-/m1/s1. The third kappa shape index (κ3) is 6.98. The minimum Gasteiger partial charge on any atom is -0.443 e. The van der Waals surface area contributed by atoms with Crippen molar-refractivity contribution in [1.29, 1.82) is 0 Å². The lowest BCUT2D eigenvalue weighted by atomic mass is 10.1. The van der Waals surface area contributed by atoms with Crippen LogP contribution in [0.3, 0.4) is 0 Å². The Hall–Kier alpha value is -4.17. The number of fused-ring (bicyclic) bond motifs is 1. The first kappa shape index (κ1) is 28.4. The molecule has 3 aromatic rings. The first-order valence-corrected chi connectivity index (χ1v) is 11.5. The molecule has 2 aromatic heterocycles. The molecule has 14 heteroatoms. The predicted molar refractivity (Wildman–Crippen MR) is 130 cm³/mol. The molecule has 12 nitrogen and oxygen atoms in total. The molecule has 0 aliphatic carbocycles. The van der Waals surface area contributed by atoms with Crippen LogP contribution < -0.4 is 16.8 Å². The summed E-state index contributed by atoms with van der Waals surface area (Å²) in [6, 6.07) is 7.45. The third-order valence-electron chi connectivity index (χ3n) is 5.38. The number of nitrogens with two attached hydrogens (primary N) is 2. The Morgan fingerprint density at radius 2 is 1.76 bits per heavy atom. The largest absolute Gasteiger partial charge is 0.443 e. The molecular weight excluding hydrogens is 504 g/mol. The lowest BCUT2D eigenvalue weighted by molar-refractivity contribution is -0.126. The van der Waals surface area contributed by atoms with E-state index in [9.17, 15) is 23.2 Å². The van der Waals surface area contributed by atoms with Crippen LogP contribution in [0.25, 0.3) is 5.65 Å². The molecule has 0 fully saturated rings. The highest BCUT2D eigenvalue weighted by Gasteiger charge is 2.29. The Morgan fingerprint density at radius 1 is 1.11 bits per heavy atom. The molecule has 38 heavy (non-hydrogen) atoms. The van der Waals surface area contributed by atoms with Gasteiger partial charge in [-0.3, -0.25) is 14.0 Å². The van der Waals surface area contributed by atoms with E-state index >= 15 is 0 Å². The molecule has 1 atom stereocenters. The first-order chi connectivity index (χ1) is 17.9. The maximum atomic E-state index is 14.0. The van der Waals surface area contributed by atoms with Gasteiger partial charge in [0.05, 0.1) is 24.4 Å². The summed E-state index contributed by atoms with van der Waals surface area (Å²) in [5.41, 5.74) is 10.3. The van der Waals surface area contributed by atoms with Crippen LogP contribution >= 0.6 is 0 Å². The highest BCUT2D eigenvalue weighted by molar-refractivity contribution is 5.85. The maximum absolute atomic E-state index is 14.0. The summed E-state index contributed by atoms with van der Waals surface area (Å²) in [5.74, 6) is -2.59. The van der Waals surface area contributed by atoms with Crippen molar-refractivity contribution in [2.24, 2.45) is 11.5 Å². The SMILES string of the molecule is CN(CC(N)=O)C(=O)OCc1cccc2nnc([C@@H](COCc3c(F)cccc3F)NC(=O)C(C)(C)N)n12. The fraction of sp³-hybridized carbons (Fsp3) is 0.375. The number of carbonyl (C=O) groups is 3. The maximum Gasteiger partial charge on any atom is 0.410 e. The summed E-state index contributed by atoms with van der Waals surface area (Å²) >= 11 is 0. The van der Waals surface area contributed by atoms with Gasteiger partial charge in [0.2, 0.25) is 11.8 Å². The first-order valence-electron chi connectivity index (χ1n) is 11.5. The Balaban J connectivity index is 1.88. The summed E-state index contributed by atoms with van der Waals surface area (Å²) in [5, 5.41) is 11.0. The number of carbonyl (C=O) groups excluding carboxylic acids is 3. The molecule has 0 bridgehead atoms. The number of aromatic nitrogens is 3. The van der Waals surface area contributed by atoms with Crippen LogP contribution in [-0.2, 0) is 32.3 Å². The minimum absolute atomic E-state index is 0.198. The van der Waals surface area contributed by atoms with Crippen molar-refractivity contribution in [3.8, 4) is 0 Å². The number of likely N-dealkylation sites (N-methyl/N-ethyl adjacent to an activating group) is 1. The lowest BCUT2D eigenvalue weighted by Gasteiger charge is -2.24. The number of ether oxygens (including phenoxy) is 2. The summed E-state index contributed by atoms with van der Waals surface area (Å²) < 4.78 is 40.5. The molecule has 0 radical (unpaired) electrons. The van der Waals surface area contributed by atoms with E-state index in [2.05, 4.69) is 15.5 Å². The summed E-state index contributed by atoms with van der Waals surface area (Å²) in [4.78, 5) is 37.1. The number of rotatable bonds is 11. The smallest absolute Gasteiger partial charge is 0.410 e. The zero-order chi connectivity index (χ0) is 28.0. The predicted octanol–water partition coefficient (Wildman–Crippen LogP) is 1.17. The van der Waals surface area contributed by atoms with Crippen molar-refractivity contribution >= 4 is 23.6 Å². The van der Waals surface area contributed by atoms with Crippen LogP contribution in [0, 0.1) is 11.6 Å². The van der Waals surface area contributed by atoms with Gasteiger partial charge in [0.1, 0.15) is 30.8 Å². The molecule has 3 rings (SSSR count). The van der Waals surface area contributed by atoms with Crippen LogP contribution in [0.2, 0.25) is 0 Å². The Kier molecular flexibility index (Phi) is 8.91. The second-order valence-corrected chi connectivity index (χ2v) is 9.11. The number of primary amides is 1. The highest BCUT2D eigenvalue weighted by Crippen LogP contribution is 2.20. The van der Waals surface area contributed by atoms with Crippen LogP contribution in [0.15, 0.2) is 36.4 Å². The molecule has 0 aliphatic heterocycles. The number of amides is 3. The molecule has 5 N–H and O–H groups in total. The molecule has 0 aliphatic rings. The molecule has 2 heterocycles. The average Bonchev–Trinajstić information content (AvgIpc) is 3.27. The van der Waals surface area contributed by atoms with E-state index < -0.39 is 47.7 Å². The average molecular weight is 534 g/mol. The fourth-order valence-electron chi connectivity index (χ4n) is 3.39. The molecule has 0 saturated heterocycles. The number of nitrogens with zero attached hydrogens (tertiary/aromatic N) is 4. The van der Waals surface area contributed by atoms with Gasteiger partial charge in [-0.1, -0.05) is 12.1 Å². The Bertz CT molecular complexity index is 1300. The normalized spacial score (nSPS) is 12.3. The number of pyridine rings is 1. The van der Waals surface area contributed by atoms with Crippen LogP contribution in [0.5, 0.6) is 0 Å². The topological polar surface area (TPSA) is 167 Å². The molecular formula is C24H29F2N7O5. The van der Waals surface area contributed by atoms with E-state index in [1.54, 1.807) is 22.6 Å². The van der Waals surface area contributed by atoms with E-state index in [1.807, 2.05) is 0 Å². The highest BCUT2D eigenvalue weighted by atomic mass is 19.1. The second-order valence-electron chi connectivity index (χ2n) is 9.11. The molecule has 1 aromatic carbocycles. The number of nitrogens with one attached hydrogen (secondary N) is 1. The Morgan fingerprint density at radius 3 is 2.39 bits per heavy atom. The van der Waals surface area contributed by atoms with Gasteiger partial charge in [0.15, 0.2) is 11.5 Å². The van der Waals surface area contributed by atoms with Crippen LogP contribution in [0.1, 0.15) is 37.0 Å². The van der Waals surface area contributed by atoms with Gasteiger partial charge in [-0.05, 0) is 38.1 Å². The second kappa shape index (κ2) is 11.9. The van der Waals surface area contributed by atoms with Crippen molar-refractivity contribution < 1.29 is 32.6 Å². The van der Waals surface area contributed by atoms with Gasteiger partial charge in [0.25, 0.3) is 0 Å². The molecule has 3 amide bonds. The fourth-order valence-corrected chi connectivity index (χ4v) is 3.39. The monoisotopic (exact) mass is 533 g/mol. The summed E-state index contributed by atoms with van der Waals surface area (Å²) in [7, 11) is 1.35. The van der Waals surface area contributed by atoms with Crippen LogP contribution in [-0.4, -0.2) is 63.1 Å². The van der Waals surface area contributed by atoms with E-state index in [0.29, 0.717) is 11.3 Å². The van der Waals surface area contributed by atoms with Gasteiger partial charge in [-0.2, -0.15) is 0 Å². The van der Waals surface area contributed by atoms with Crippen molar-refractivity contribution in [3.63, 3.8) is 0 Å². The molecule has 0 saturated carbocycles. The van der Waals surface area contributed by atoms with Gasteiger partial charge >= 0.3 is 6.09 Å². The van der Waals surface area contributed by atoms with Crippen molar-refractivity contribution in [2.45, 2.75) is 38.6 Å². The number of halogens is 2. The zero-order valence-electron chi connectivity index (χ0n) is 21.1. The summed E-state index contributed by atoms with van der Waals surface area (Å²) in [6.07, 6.45) is -0.791. The van der Waals surface area contributed by atoms with Crippen molar-refractivity contribution in [3.05, 3.63) is 65.1 Å². The van der Waals surface area contributed by atoms with E-state index in [0.717, 1.165) is 17.0 Å². The van der Waals surface area contributed by atoms with E-state index in [1.165, 1.54) is 27.0 Å². The van der Waals surface area contributed by atoms with Gasteiger partial charge < -0.3 is 31.2 Å². The van der Waals surface area contributed by atoms with Crippen molar-refractivity contribution in [2.75, 3.05) is 20.2 Å².